The Kier molecular flexibility index (Phi) is 5.67. The Hall–Kier alpha value is 0.0425. The Morgan fingerprint density at radius 2 is 1.58 bits per heavy atom. The van der Waals surface area contributed by atoms with Gasteiger partial charge in [-0.2, -0.15) is 0 Å². The Morgan fingerprint density at radius 3 is 2.00 bits per heavy atom. The van der Waals surface area contributed by atoms with Crippen LogP contribution in [0.5, 0.6) is 0 Å². The quantitative estimate of drug-likeness (QED) is 0.641. The van der Waals surface area contributed by atoms with E-state index < -0.39 is 0 Å². The van der Waals surface area contributed by atoms with Gasteiger partial charge in [0.05, 0.1) is 0 Å². The minimum absolute atomic E-state index is 0. The van der Waals surface area contributed by atoms with Gasteiger partial charge in [0.15, 0.2) is 0 Å². The van der Waals surface area contributed by atoms with Crippen LogP contribution in [0.15, 0.2) is 30.3 Å². The zero-order valence-electron chi connectivity index (χ0n) is 7.95. The molecule has 2 heteroatoms. The fourth-order valence-electron chi connectivity index (χ4n) is 1.14. The summed E-state index contributed by atoms with van der Waals surface area (Å²) in [5, 5.41) is 0. The highest BCUT2D eigenvalue weighted by molar-refractivity contribution is 6.12. The van der Waals surface area contributed by atoms with E-state index >= 15 is 0 Å². The lowest BCUT2D eigenvalue weighted by molar-refractivity contribution is 0.623. The van der Waals surface area contributed by atoms with Crippen molar-refractivity contribution in [2.24, 2.45) is 5.92 Å². The van der Waals surface area contributed by atoms with Gasteiger partial charge in [0.25, 0.3) is 0 Å². The summed E-state index contributed by atoms with van der Waals surface area (Å²) in [5.41, 5.74) is 1.51. The highest BCUT2D eigenvalue weighted by Crippen LogP contribution is 2.19. The van der Waals surface area contributed by atoms with Gasteiger partial charge in [-0.15, -0.1) is 12.4 Å². The Morgan fingerprint density at radius 1 is 1.08 bits per heavy atom. The van der Waals surface area contributed by atoms with Gasteiger partial charge in [-0.25, -0.2) is 0 Å². The summed E-state index contributed by atoms with van der Waals surface area (Å²) in [5.74, 6) is 0.795. The fraction of sp³-hybridized carbons (Fsp3) is 0.400. The van der Waals surface area contributed by atoms with E-state index in [9.17, 15) is 0 Å². The van der Waals surface area contributed by atoms with Crippen LogP contribution >= 0.6 is 12.4 Å². The van der Waals surface area contributed by atoms with Gasteiger partial charge in [-0.05, 0) is 0 Å². The van der Waals surface area contributed by atoms with E-state index in [1.54, 1.807) is 0 Å². The molecule has 0 spiro atoms. The van der Waals surface area contributed by atoms with Crippen LogP contribution in [0.25, 0.3) is 0 Å². The van der Waals surface area contributed by atoms with Crippen molar-refractivity contribution in [2.75, 3.05) is 0 Å². The third-order valence-electron chi connectivity index (χ3n) is 2.33. The zero-order valence-corrected chi connectivity index (χ0v) is 10.8. The number of benzene rings is 1. The summed E-state index contributed by atoms with van der Waals surface area (Å²) >= 11 is 1.26. The smallest absolute Gasteiger partial charge is 0.147 e. The minimum atomic E-state index is 0. The predicted molar refractivity (Wildman–Crippen MR) is 59.8 cm³/mol. The van der Waals surface area contributed by atoms with E-state index in [0.717, 1.165) is 10.7 Å². The third-order valence-corrected chi connectivity index (χ3v) is 4.33. The molecule has 0 fully saturated rings. The molecule has 0 nitrogen and oxygen atoms in total. The van der Waals surface area contributed by atoms with Crippen LogP contribution in [0.3, 0.4) is 0 Å². The topological polar surface area (TPSA) is 0 Å². The summed E-state index contributed by atoms with van der Waals surface area (Å²) in [4.78, 5) is 0. The van der Waals surface area contributed by atoms with Gasteiger partial charge >= 0.3 is 0 Å². The van der Waals surface area contributed by atoms with Gasteiger partial charge in [-0.3, -0.25) is 0 Å². The van der Waals surface area contributed by atoms with Crippen LogP contribution in [-0.4, -0.2) is 16.3 Å². The Labute approximate surface area is 89.2 Å². The third kappa shape index (κ3) is 3.19. The van der Waals surface area contributed by atoms with Crippen molar-refractivity contribution < 1.29 is 0 Å². The van der Waals surface area contributed by atoms with Crippen LogP contribution in [-0.2, 0) is 0 Å². The molecule has 1 aromatic carbocycles. The van der Waals surface area contributed by atoms with Crippen molar-refractivity contribution in [3.63, 3.8) is 0 Å². The standard InChI is InChI=1S/C10H13.Al.ClH.2H/c1-9(2)8-10-6-4-3-5-7-10;;;;/h3-9H,1-2H3;;1H;;. The first-order valence-electron chi connectivity index (χ1n) is 4.26. The molecular weight excluding hydrogens is 183 g/mol. The van der Waals surface area contributed by atoms with E-state index in [-0.39, 0.29) is 12.4 Å². The average molecular weight is 199 g/mol. The second kappa shape index (κ2) is 5.65. The van der Waals surface area contributed by atoms with Crippen molar-refractivity contribution in [1.29, 1.82) is 0 Å². The molecule has 0 saturated carbocycles. The van der Waals surface area contributed by atoms with Gasteiger partial charge in [0.2, 0.25) is 16.3 Å². The van der Waals surface area contributed by atoms with Crippen molar-refractivity contribution in [3.05, 3.63) is 35.9 Å². The average Bonchev–Trinajstić information content (AvgIpc) is 2.05. The number of hydrogen-bond acceptors (Lipinski definition) is 0. The molecule has 66 valence electrons. The van der Waals surface area contributed by atoms with Gasteiger partial charge in [-0.1, -0.05) is 60.4 Å². The lowest BCUT2D eigenvalue weighted by Gasteiger charge is -2.15. The highest BCUT2D eigenvalue weighted by Gasteiger charge is 2.07. The van der Waals surface area contributed by atoms with Crippen molar-refractivity contribution in [3.8, 4) is 0 Å². The van der Waals surface area contributed by atoms with Crippen LogP contribution < -0.4 is 0 Å². The Balaban J connectivity index is 0.00000121. The summed E-state index contributed by atoms with van der Waals surface area (Å²) in [6.45, 7) is 4.59. The maximum Gasteiger partial charge on any atom is 0.223 e. The number of rotatable bonds is 2. The van der Waals surface area contributed by atoms with E-state index in [1.165, 1.54) is 21.9 Å². The largest absolute Gasteiger partial charge is 0.223 e. The normalized spacial score (nSPS) is 12.2. The lowest BCUT2D eigenvalue weighted by Crippen LogP contribution is -2.05. The second-order valence-corrected chi connectivity index (χ2v) is 4.69. The Bertz CT molecular complexity index is 208. The highest BCUT2D eigenvalue weighted by atomic mass is 35.5. The van der Waals surface area contributed by atoms with Crippen LogP contribution in [0.1, 0.15) is 24.2 Å². The van der Waals surface area contributed by atoms with Crippen LogP contribution in [0.2, 0.25) is 0 Å². The fourth-order valence-corrected chi connectivity index (χ4v) is 1.53. The molecule has 0 aliphatic rings. The summed E-state index contributed by atoms with van der Waals surface area (Å²) in [6.07, 6.45) is 0. The summed E-state index contributed by atoms with van der Waals surface area (Å²) in [6, 6.07) is 10.8. The zero-order chi connectivity index (χ0) is 8.27. The molecule has 12 heavy (non-hydrogen) atoms. The second-order valence-electron chi connectivity index (χ2n) is 3.44. The van der Waals surface area contributed by atoms with Crippen molar-refractivity contribution in [2.45, 2.75) is 18.6 Å². The molecular formula is C10H16AlCl. The molecule has 1 aromatic rings. The molecule has 0 aromatic heterocycles. The van der Waals surface area contributed by atoms with Crippen molar-refractivity contribution in [1.82, 2.24) is 0 Å². The van der Waals surface area contributed by atoms with Gasteiger partial charge in [0.1, 0.15) is 0 Å². The minimum Gasteiger partial charge on any atom is -0.147 e. The van der Waals surface area contributed by atoms with Crippen LogP contribution in [0.4, 0.5) is 0 Å². The molecule has 0 amide bonds. The van der Waals surface area contributed by atoms with E-state index in [1.807, 2.05) is 0 Å². The molecule has 0 heterocycles. The maximum atomic E-state index is 2.30. The molecule has 1 atom stereocenters. The van der Waals surface area contributed by atoms with Gasteiger partial charge in [0, 0.05) is 0 Å². The molecule has 0 radical (unpaired) electrons. The molecule has 0 bridgehead atoms. The van der Waals surface area contributed by atoms with Crippen LogP contribution in [0, 0.1) is 5.92 Å². The van der Waals surface area contributed by atoms with E-state index in [4.69, 9.17) is 0 Å². The number of halogens is 1. The first kappa shape index (κ1) is 12.0. The number of hydrogen-bond donors (Lipinski definition) is 0. The summed E-state index contributed by atoms with van der Waals surface area (Å²) in [7, 11) is 0. The SMILES string of the molecule is CC(C)[CH]([AlH2])c1ccccc1.Cl. The predicted octanol–water partition coefficient (Wildman–Crippen LogP) is 2.44. The van der Waals surface area contributed by atoms with E-state index in [0.29, 0.717) is 0 Å². The molecule has 1 unspecified atom stereocenters. The van der Waals surface area contributed by atoms with Gasteiger partial charge < -0.3 is 0 Å². The molecule has 0 aliphatic carbocycles. The monoisotopic (exact) mass is 198 g/mol. The lowest BCUT2D eigenvalue weighted by atomic mass is 10.0. The summed E-state index contributed by atoms with van der Waals surface area (Å²) < 4.78 is 0.816. The van der Waals surface area contributed by atoms with E-state index in [2.05, 4.69) is 44.2 Å². The first-order chi connectivity index (χ1) is 5.22. The first-order valence-corrected chi connectivity index (χ1v) is 5.42. The molecule has 0 saturated heterocycles. The maximum absolute atomic E-state index is 2.30. The van der Waals surface area contributed by atoms with Crippen molar-refractivity contribution >= 4 is 28.7 Å². The molecule has 1 rings (SSSR count). The molecule has 0 aliphatic heterocycles. The molecule has 0 N–H and O–H groups in total.